The Bertz CT molecular complexity index is 1690. The lowest BCUT2D eigenvalue weighted by Crippen LogP contribution is -2.34. The Kier molecular flexibility index (Phi) is 7.49. The molecule has 0 unspecified atom stereocenters. The van der Waals surface area contributed by atoms with Crippen LogP contribution in [-0.2, 0) is 10.0 Å². The summed E-state index contributed by atoms with van der Waals surface area (Å²) in [5.41, 5.74) is -3.89. The van der Waals surface area contributed by atoms with Gasteiger partial charge in [-0.3, -0.25) is 9.78 Å². The van der Waals surface area contributed by atoms with Gasteiger partial charge in [0.2, 0.25) is 5.88 Å². The average Bonchev–Trinajstić information content (AvgIpc) is 2.81. The molecule has 0 saturated heterocycles. The second-order valence-corrected chi connectivity index (χ2v) is 10.4. The third-order valence-electron chi connectivity index (χ3n) is 5.36. The van der Waals surface area contributed by atoms with E-state index in [9.17, 15) is 31.9 Å². The van der Waals surface area contributed by atoms with Crippen molar-refractivity contribution in [2.45, 2.75) is 24.2 Å². The molecular formula is C21H14Cl2F2N6O6S. The molecule has 38 heavy (non-hydrogen) atoms. The van der Waals surface area contributed by atoms with Gasteiger partial charge in [-0.15, -0.1) is 0 Å². The number of aromatic amines is 1. The minimum atomic E-state index is -4.37. The maximum absolute atomic E-state index is 13.0. The summed E-state index contributed by atoms with van der Waals surface area (Å²) in [6.45, 7) is 0. The number of rotatable bonds is 7. The Labute approximate surface area is 221 Å². The first-order chi connectivity index (χ1) is 17.9. The van der Waals surface area contributed by atoms with Gasteiger partial charge in [0.15, 0.2) is 17.2 Å². The number of hydrogen-bond donors (Lipinski definition) is 2. The van der Waals surface area contributed by atoms with Crippen LogP contribution in [0.5, 0.6) is 17.4 Å². The van der Waals surface area contributed by atoms with Crippen LogP contribution in [-0.4, -0.2) is 39.5 Å². The van der Waals surface area contributed by atoms with Crippen molar-refractivity contribution in [2.24, 2.45) is 16.2 Å². The van der Waals surface area contributed by atoms with Gasteiger partial charge in [-0.2, -0.15) is 27.9 Å². The molecule has 0 atom stereocenters. The van der Waals surface area contributed by atoms with Crippen molar-refractivity contribution < 1.29 is 27.0 Å². The molecule has 1 aliphatic carbocycles. The zero-order valence-electron chi connectivity index (χ0n) is 18.7. The monoisotopic (exact) mass is 586 g/mol. The molecule has 1 aliphatic rings. The fourth-order valence-corrected chi connectivity index (χ4v) is 4.95. The van der Waals surface area contributed by atoms with Crippen LogP contribution in [0.4, 0.5) is 8.78 Å². The first-order valence-electron chi connectivity index (χ1n) is 10.5. The van der Waals surface area contributed by atoms with E-state index in [1.807, 2.05) is 0 Å². The molecule has 0 spiro atoms. The summed E-state index contributed by atoms with van der Waals surface area (Å²) in [6, 6.07) is 5.09. The molecule has 2 aromatic heterocycles. The quantitative estimate of drug-likeness (QED) is 0.392. The molecule has 17 heteroatoms. The zero-order chi connectivity index (χ0) is 27.8. The lowest BCUT2D eigenvalue weighted by atomic mass is 9.77. The smallest absolute Gasteiger partial charge is 0.349 e. The molecule has 198 valence electrons. The van der Waals surface area contributed by atoms with Gasteiger partial charge < -0.3 is 9.84 Å². The van der Waals surface area contributed by atoms with E-state index < -0.39 is 44.0 Å². The fourth-order valence-electron chi connectivity index (χ4n) is 3.39. The normalized spacial score (nSPS) is 17.4. The highest BCUT2D eigenvalue weighted by atomic mass is 35.5. The highest BCUT2D eigenvalue weighted by Crippen LogP contribution is 2.39. The maximum Gasteiger partial charge on any atom is 0.349 e. The molecule has 1 aromatic carbocycles. The summed E-state index contributed by atoms with van der Waals surface area (Å²) in [5, 5.41) is 21.7. The van der Waals surface area contributed by atoms with Crippen LogP contribution in [0.15, 0.2) is 43.3 Å². The number of aromatic hydroxyl groups is 1. The molecule has 4 rings (SSSR count). The van der Waals surface area contributed by atoms with Gasteiger partial charge in [0.05, 0.1) is 28.0 Å². The number of benzene rings is 1. The Hall–Kier alpha value is -3.87. The van der Waals surface area contributed by atoms with Gasteiger partial charge in [-0.25, -0.2) is 18.6 Å². The van der Waals surface area contributed by atoms with E-state index in [2.05, 4.69) is 20.5 Å². The summed E-state index contributed by atoms with van der Waals surface area (Å²) in [7, 11) is -4.37. The highest BCUT2D eigenvalue weighted by molar-refractivity contribution is 7.90. The zero-order valence-corrected chi connectivity index (χ0v) is 21.0. The number of hydrogen-bond acceptors (Lipinski definition) is 9. The first kappa shape index (κ1) is 27.2. The van der Waals surface area contributed by atoms with Gasteiger partial charge in [-0.1, -0.05) is 23.2 Å². The summed E-state index contributed by atoms with van der Waals surface area (Å²) in [4.78, 5) is 28.5. The summed E-state index contributed by atoms with van der Waals surface area (Å²) >= 11 is 12.4. The molecule has 2 N–H and O–H groups in total. The van der Waals surface area contributed by atoms with Gasteiger partial charge >= 0.3 is 5.69 Å². The standard InChI is InChI=1S/C21H14Cl2F2N6O6S/c22-12-3-11(31-21(34)29-20(33)17(30-31)19(24)25)4-13(23)18(12)37-16-5-15(14(32)8-27-16)38(35,36)28-7-10-1-9(2-10)6-26/h3-5,7-10,19,32H,1-2H2,(H,29,33,34)/b28-7-. The van der Waals surface area contributed by atoms with Gasteiger partial charge in [-0.05, 0) is 30.9 Å². The number of nitrogens with one attached hydrogen (secondary N) is 1. The van der Waals surface area contributed by atoms with Gasteiger partial charge in [0.25, 0.3) is 22.0 Å². The summed E-state index contributed by atoms with van der Waals surface area (Å²) in [6.07, 6.45) is -0.314. The van der Waals surface area contributed by atoms with E-state index >= 15 is 0 Å². The van der Waals surface area contributed by atoms with E-state index in [0.29, 0.717) is 17.5 Å². The van der Waals surface area contributed by atoms with Gasteiger partial charge in [0.1, 0.15) is 4.90 Å². The highest BCUT2D eigenvalue weighted by Gasteiger charge is 2.29. The Morgan fingerprint density at radius 1 is 1.26 bits per heavy atom. The number of halogens is 4. The lowest BCUT2D eigenvalue weighted by molar-refractivity contribution is 0.141. The summed E-state index contributed by atoms with van der Waals surface area (Å²) < 4.78 is 60.9. The minimum Gasteiger partial charge on any atom is -0.505 e. The molecule has 2 heterocycles. The number of pyridine rings is 1. The number of H-pyrrole nitrogens is 1. The van der Waals surface area contributed by atoms with E-state index in [1.54, 1.807) is 4.98 Å². The van der Waals surface area contributed by atoms with E-state index in [1.165, 1.54) is 6.21 Å². The Morgan fingerprint density at radius 3 is 2.53 bits per heavy atom. The topological polar surface area (TPSA) is 180 Å². The average molecular weight is 587 g/mol. The number of aromatic nitrogens is 4. The van der Waals surface area contributed by atoms with Crippen LogP contribution in [0.3, 0.4) is 0 Å². The van der Waals surface area contributed by atoms with E-state index in [0.717, 1.165) is 24.4 Å². The van der Waals surface area contributed by atoms with Crippen molar-refractivity contribution in [1.82, 2.24) is 19.7 Å². The lowest BCUT2D eigenvalue weighted by Gasteiger charge is -2.26. The van der Waals surface area contributed by atoms with Crippen LogP contribution in [0.25, 0.3) is 5.69 Å². The molecule has 1 saturated carbocycles. The largest absolute Gasteiger partial charge is 0.505 e. The third-order valence-corrected chi connectivity index (χ3v) is 7.20. The minimum absolute atomic E-state index is 0.158. The third kappa shape index (κ3) is 5.52. The van der Waals surface area contributed by atoms with Crippen LogP contribution >= 0.6 is 23.2 Å². The number of nitriles is 1. The van der Waals surface area contributed by atoms with Gasteiger partial charge in [0, 0.05) is 18.2 Å². The molecule has 0 bridgehead atoms. The SMILES string of the molecule is N#CC1CC(/C=N\S(=O)(=O)c2cc(Oc3c(Cl)cc(-n4nc(C(F)F)c(=O)[nH]c4=O)cc3Cl)ncc2O)C1. The first-order valence-corrected chi connectivity index (χ1v) is 12.7. The van der Waals surface area contributed by atoms with Crippen molar-refractivity contribution in [1.29, 1.82) is 5.26 Å². The molecule has 0 amide bonds. The van der Waals surface area contributed by atoms with Crippen LogP contribution in [0.2, 0.25) is 10.0 Å². The van der Waals surface area contributed by atoms with Crippen molar-refractivity contribution in [3.05, 3.63) is 61.0 Å². The number of nitrogens with zero attached hydrogens (tertiary/aromatic N) is 5. The molecular weight excluding hydrogens is 573 g/mol. The molecule has 3 aromatic rings. The number of alkyl halides is 2. The molecule has 0 radical (unpaired) electrons. The number of sulfonamides is 1. The fraction of sp³-hybridized carbons (Fsp3) is 0.238. The van der Waals surface area contributed by atoms with E-state index in [-0.39, 0.29) is 39.2 Å². The second kappa shape index (κ2) is 10.5. The Morgan fingerprint density at radius 2 is 1.92 bits per heavy atom. The van der Waals surface area contributed by atoms with E-state index in [4.69, 9.17) is 33.2 Å². The van der Waals surface area contributed by atoms with Crippen molar-refractivity contribution in [3.63, 3.8) is 0 Å². The van der Waals surface area contributed by atoms with Crippen molar-refractivity contribution in [3.8, 4) is 29.1 Å². The maximum atomic E-state index is 13.0. The predicted molar refractivity (Wildman–Crippen MR) is 129 cm³/mol. The van der Waals surface area contributed by atoms with Crippen LogP contribution in [0, 0.1) is 23.2 Å². The number of ether oxygens (including phenoxy) is 1. The van der Waals surface area contributed by atoms with Crippen molar-refractivity contribution in [2.75, 3.05) is 0 Å². The Balaban J connectivity index is 1.63. The second-order valence-electron chi connectivity index (χ2n) is 7.97. The van der Waals surface area contributed by atoms with Crippen LogP contribution in [0.1, 0.15) is 25.0 Å². The molecule has 0 aliphatic heterocycles. The molecule has 1 fully saturated rings. The molecule has 12 nitrogen and oxygen atoms in total. The van der Waals surface area contributed by atoms with Crippen molar-refractivity contribution >= 4 is 39.4 Å². The van der Waals surface area contributed by atoms with Crippen LogP contribution < -0.4 is 16.0 Å². The predicted octanol–water partition coefficient (Wildman–Crippen LogP) is 3.37. The summed E-state index contributed by atoms with van der Waals surface area (Å²) in [5.74, 6) is -1.67.